The van der Waals surface area contributed by atoms with Gasteiger partial charge in [-0.3, -0.25) is 9.59 Å². The Hall–Kier alpha value is -2.44. The number of hydrogen-bond acceptors (Lipinski definition) is 5. The van der Waals surface area contributed by atoms with Gasteiger partial charge in [0.25, 0.3) is 0 Å². The maximum Gasteiger partial charge on any atom is 0.314 e. The number of carbonyl (C=O) groups excluding carboxylic acids is 2. The lowest BCUT2D eigenvalue weighted by molar-refractivity contribution is -0.163. The van der Waals surface area contributed by atoms with Gasteiger partial charge in [-0.1, -0.05) is 24.2 Å². The van der Waals surface area contributed by atoms with Gasteiger partial charge in [0.05, 0.1) is 17.7 Å². The number of likely N-dealkylation sites (tertiary alicyclic amines) is 1. The summed E-state index contributed by atoms with van der Waals surface area (Å²) in [7, 11) is 0. The van der Waals surface area contributed by atoms with E-state index in [0.717, 1.165) is 17.7 Å². The van der Waals surface area contributed by atoms with Gasteiger partial charge in [0, 0.05) is 32.4 Å². The molecule has 0 bridgehead atoms. The molecule has 0 N–H and O–H groups in total. The molecule has 2 heterocycles. The van der Waals surface area contributed by atoms with Crippen molar-refractivity contribution < 1.29 is 23.6 Å². The van der Waals surface area contributed by atoms with Gasteiger partial charge in [-0.2, -0.15) is 0 Å². The van der Waals surface area contributed by atoms with Crippen LogP contribution in [0.1, 0.15) is 51.5 Å². The summed E-state index contributed by atoms with van der Waals surface area (Å²) in [4.78, 5) is 32.5. The van der Waals surface area contributed by atoms with Crippen LogP contribution in [0.2, 0.25) is 0 Å². The first-order valence-corrected chi connectivity index (χ1v) is 9.91. The number of oxime groups is 1. The van der Waals surface area contributed by atoms with Crippen LogP contribution in [0.3, 0.4) is 0 Å². The van der Waals surface area contributed by atoms with Crippen molar-refractivity contribution in [2.45, 2.75) is 52.1 Å². The minimum Gasteiger partial charge on any atom is -0.466 e. The topological polar surface area (TPSA) is 68.2 Å². The normalized spacial score (nSPS) is 24.5. The van der Waals surface area contributed by atoms with Crippen molar-refractivity contribution in [1.29, 1.82) is 0 Å². The van der Waals surface area contributed by atoms with E-state index < -0.39 is 5.41 Å². The Kier molecular flexibility index (Phi) is 6.31. The van der Waals surface area contributed by atoms with Crippen LogP contribution >= 0.6 is 0 Å². The number of amides is 1. The molecule has 0 aliphatic carbocycles. The van der Waals surface area contributed by atoms with E-state index in [2.05, 4.69) is 5.16 Å². The molecule has 3 rings (SSSR count). The molecule has 28 heavy (non-hydrogen) atoms. The highest BCUT2D eigenvalue weighted by Gasteiger charge is 2.47. The third kappa shape index (κ3) is 4.34. The Labute approximate surface area is 164 Å². The summed E-state index contributed by atoms with van der Waals surface area (Å²) >= 11 is 0. The fraction of sp³-hybridized carbons (Fsp3) is 0.571. The summed E-state index contributed by atoms with van der Waals surface area (Å²) in [5, 5.41) is 4.15. The monoisotopic (exact) mass is 390 g/mol. The number of ether oxygens (including phenoxy) is 1. The van der Waals surface area contributed by atoms with Crippen LogP contribution in [0, 0.1) is 11.2 Å². The molecule has 0 spiro atoms. The maximum atomic E-state index is 13.1. The van der Waals surface area contributed by atoms with Gasteiger partial charge in [-0.05, 0) is 37.5 Å². The average Bonchev–Trinajstić information content (AvgIpc) is 3.16. The second kappa shape index (κ2) is 8.71. The first-order valence-electron chi connectivity index (χ1n) is 9.91. The Morgan fingerprint density at radius 1 is 1.32 bits per heavy atom. The van der Waals surface area contributed by atoms with Crippen molar-refractivity contribution in [2.75, 3.05) is 19.7 Å². The minimum absolute atomic E-state index is 0.0453. The van der Waals surface area contributed by atoms with Crippen LogP contribution in [0.5, 0.6) is 0 Å². The molecule has 0 unspecified atom stereocenters. The van der Waals surface area contributed by atoms with Crippen LogP contribution < -0.4 is 0 Å². The summed E-state index contributed by atoms with van der Waals surface area (Å²) in [6.45, 7) is 4.92. The molecule has 1 aromatic carbocycles. The molecular formula is C21H27FN2O4. The molecule has 2 atom stereocenters. The van der Waals surface area contributed by atoms with Crippen molar-refractivity contribution in [3.63, 3.8) is 0 Å². The van der Waals surface area contributed by atoms with Crippen molar-refractivity contribution in [3.05, 3.63) is 35.6 Å². The summed E-state index contributed by atoms with van der Waals surface area (Å²) in [6.07, 6.45) is 2.52. The molecule has 1 amide bonds. The van der Waals surface area contributed by atoms with Crippen molar-refractivity contribution >= 4 is 17.6 Å². The maximum absolute atomic E-state index is 13.1. The summed E-state index contributed by atoms with van der Waals surface area (Å²) < 4.78 is 18.5. The number of carbonyl (C=O) groups is 2. The molecule has 0 saturated carbocycles. The largest absolute Gasteiger partial charge is 0.466 e. The van der Waals surface area contributed by atoms with Crippen molar-refractivity contribution in [2.24, 2.45) is 10.6 Å². The lowest BCUT2D eigenvalue weighted by Gasteiger charge is -2.41. The van der Waals surface area contributed by atoms with E-state index >= 15 is 0 Å². The Morgan fingerprint density at radius 2 is 2.07 bits per heavy atom. The zero-order chi connectivity index (χ0) is 20.1. The molecule has 0 radical (unpaired) electrons. The quantitative estimate of drug-likeness (QED) is 0.699. The SMILES string of the molecule is CCOC(=O)[C@]1(C[C@@H]2CC(c3ccc(F)cc3)=NO2)CCCN(C(=O)CC)C1. The Morgan fingerprint density at radius 3 is 2.75 bits per heavy atom. The van der Waals surface area contributed by atoms with Crippen LogP contribution in [0.4, 0.5) is 4.39 Å². The van der Waals surface area contributed by atoms with E-state index in [4.69, 9.17) is 9.57 Å². The molecule has 2 aliphatic rings. The summed E-state index contributed by atoms with van der Waals surface area (Å²) in [5.74, 6) is -0.532. The first-order chi connectivity index (χ1) is 13.5. The Balaban J connectivity index is 1.73. The molecule has 152 valence electrons. The predicted octanol–water partition coefficient (Wildman–Crippen LogP) is 3.29. The van der Waals surface area contributed by atoms with E-state index in [1.165, 1.54) is 12.1 Å². The van der Waals surface area contributed by atoms with Gasteiger partial charge in [-0.25, -0.2) is 4.39 Å². The number of hydrogen-bond donors (Lipinski definition) is 0. The summed E-state index contributed by atoms with van der Waals surface area (Å²) in [5.41, 5.74) is 0.763. The van der Waals surface area contributed by atoms with Gasteiger partial charge in [0.15, 0.2) is 0 Å². The molecular weight excluding hydrogens is 363 g/mol. The van der Waals surface area contributed by atoms with Gasteiger partial charge >= 0.3 is 5.97 Å². The predicted molar refractivity (Wildman–Crippen MR) is 102 cm³/mol. The van der Waals surface area contributed by atoms with Crippen LogP contribution in [0.25, 0.3) is 0 Å². The number of esters is 1. The lowest BCUT2D eigenvalue weighted by atomic mass is 9.74. The van der Waals surface area contributed by atoms with Gasteiger partial charge in [-0.15, -0.1) is 0 Å². The first kappa shape index (κ1) is 20.3. The minimum atomic E-state index is -0.780. The van der Waals surface area contributed by atoms with Crippen LogP contribution in [-0.2, 0) is 19.2 Å². The fourth-order valence-corrected chi connectivity index (χ4v) is 4.06. The van der Waals surface area contributed by atoms with E-state index in [1.54, 1.807) is 24.0 Å². The van der Waals surface area contributed by atoms with Crippen LogP contribution in [0.15, 0.2) is 29.4 Å². The second-order valence-electron chi connectivity index (χ2n) is 7.45. The average molecular weight is 390 g/mol. The van der Waals surface area contributed by atoms with E-state index in [9.17, 15) is 14.0 Å². The molecule has 1 saturated heterocycles. The van der Waals surface area contributed by atoms with Crippen molar-refractivity contribution in [1.82, 2.24) is 4.90 Å². The van der Waals surface area contributed by atoms with E-state index in [-0.39, 0.29) is 23.8 Å². The molecule has 1 fully saturated rings. The molecule has 2 aliphatic heterocycles. The van der Waals surface area contributed by atoms with Crippen molar-refractivity contribution in [3.8, 4) is 0 Å². The fourth-order valence-electron chi connectivity index (χ4n) is 4.06. The molecule has 0 aromatic heterocycles. The standard InChI is InChI=1S/C21H27FN2O4/c1-3-19(25)24-11-5-10-21(14-24,20(26)27-4-2)13-17-12-18(23-28-17)15-6-8-16(22)9-7-15/h6-9,17H,3-5,10-14H2,1-2H3/t17-,21-/m0/s1. The lowest BCUT2D eigenvalue weighted by Crippen LogP contribution is -2.51. The summed E-state index contributed by atoms with van der Waals surface area (Å²) in [6, 6.07) is 6.12. The van der Waals surface area contributed by atoms with Gasteiger partial charge in [0.2, 0.25) is 5.91 Å². The third-order valence-corrected chi connectivity index (χ3v) is 5.47. The second-order valence-corrected chi connectivity index (χ2v) is 7.45. The van der Waals surface area contributed by atoms with E-state index in [1.807, 2.05) is 6.92 Å². The van der Waals surface area contributed by atoms with Crippen LogP contribution in [-0.4, -0.2) is 48.3 Å². The number of nitrogens with zero attached hydrogens (tertiary/aromatic N) is 2. The molecule has 6 nitrogen and oxygen atoms in total. The third-order valence-electron chi connectivity index (χ3n) is 5.47. The molecule has 7 heteroatoms. The highest BCUT2D eigenvalue weighted by molar-refractivity contribution is 6.01. The van der Waals surface area contributed by atoms with Gasteiger partial charge < -0.3 is 14.5 Å². The highest BCUT2D eigenvalue weighted by atomic mass is 19.1. The number of halogens is 1. The number of rotatable bonds is 6. The number of piperidine rings is 1. The Bertz CT molecular complexity index is 749. The zero-order valence-corrected chi connectivity index (χ0v) is 16.4. The van der Waals surface area contributed by atoms with Gasteiger partial charge in [0.1, 0.15) is 11.9 Å². The number of benzene rings is 1. The van der Waals surface area contributed by atoms with E-state index in [0.29, 0.717) is 45.4 Å². The molecule has 1 aromatic rings. The highest BCUT2D eigenvalue weighted by Crippen LogP contribution is 2.39. The zero-order valence-electron chi connectivity index (χ0n) is 16.4. The smallest absolute Gasteiger partial charge is 0.314 e.